The first-order valence-corrected chi connectivity index (χ1v) is 11.7. The Bertz CT molecular complexity index is 1120. The smallest absolute Gasteiger partial charge is 0.336 e. The summed E-state index contributed by atoms with van der Waals surface area (Å²) < 4.78 is 11.0. The van der Waals surface area contributed by atoms with Crippen molar-refractivity contribution in [3.05, 3.63) is 87.2 Å². The van der Waals surface area contributed by atoms with Crippen molar-refractivity contribution in [1.29, 1.82) is 0 Å². The van der Waals surface area contributed by atoms with Crippen LogP contribution < -0.4 is 10.1 Å². The predicted molar refractivity (Wildman–Crippen MR) is 128 cm³/mol. The first kappa shape index (κ1) is 23.1. The number of halogens is 1. The molecule has 0 saturated heterocycles. The number of hydrogen-bond donors (Lipinski definition) is 1. The summed E-state index contributed by atoms with van der Waals surface area (Å²) in [6, 6.07) is 15.3. The summed E-state index contributed by atoms with van der Waals surface area (Å²) in [6.45, 7) is 6.42. The van der Waals surface area contributed by atoms with Crippen molar-refractivity contribution in [3.63, 3.8) is 0 Å². The number of hydrogen-bond acceptors (Lipinski definition) is 5. The van der Waals surface area contributed by atoms with Gasteiger partial charge in [0.25, 0.3) is 0 Å². The van der Waals surface area contributed by atoms with Gasteiger partial charge in [0.05, 0.1) is 18.8 Å². The molecular weight excluding hydrogens is 438 g/mol. The number of ether oxygens (including phenoxy) is 2. The van der Waals surface area contributed by atoms with Crippen LogP contribution in [0.5, 0.6) is 5.75 Å². The molecule has 0 spiro atoms. The monoisotopic (exact) mass is 465 g/mol. The van der Waals surface area contributed by atoms with Crippen LogP contribution in [0.25, 0.3) is 0 Å². The Balaban J connectivity index is 1.76. The lowest BCUT2D eigenvalue weighted by Crippen LogP contribution is -2.36. The molecule has 0 radical (unpaired) electrons. The van der Waals surface area contributed by atoms with Crippen LogP contribution in [-0.2, 0) is 14.3 Å². The maximum atomic E-state index is 13.5. The van der Waals surface area contributed by atoms with Gasteiger partial charge in [-0.25, -0.2) is 4.79 Å². The molecule has 2 aromatic rings. The molecule has 0 amide bonds. The minimum atomic E-state index is -0.477. The van der Waals surface area contributed by atoms with Crippen molar-refractivity contribution in [1.82, 2.24) is 5.32 Å². The molecule has 4 rings (SSSR count). The lowest BCUT2D eigenvalue weighted by atomic mass is 9.72. The van der Waals surface area contributed by atoms with E-state index in [0.717, 1.165) is 28.3 Å². The number of benzene rings is 2. The molecule has 5 nitrogen and oxygen atoms in total. The van der Waals surface area contributed by atoms with Gasteiger partial charge in [-0.15, -0.1) is 0 Å². The van der Waals surface area contributed by atoms with Crippen LogP contribution in [0.4, 0.5) is 0 Å². The van der Waals surface area contributed by atoms with Crippen LogP contribution in [0.2, 0.25) is 5.02 Å². The number of carbonyl (C=O) groups is 2. The number of esters is 1. The van der Waals surface area contributed by atoms with Crippen LogP contribution >= 0.6 is 11.6 Å². The van der Waals surface area contributed by atoms with E-state index in [2.05, 4.69) is 5.32 Å². The van der Waals surface area contributed by atoms with Gasteiger partial charge in [-0.2, -0.15) is 0 Å². The van der Waals surface area contributed by atoms with Crippen molar-refractivity contribution >= 4 is 23.4 Å². The van der Waals surface area contributed by atoms with Gasteiger partial charge in [0.2, 0.25) is 0 Å². The quantitative estimate of drug-likeness (QED) is 0.557. The molecule has 33 heavy (non-hydrogen) atoms. The Labute approximate surface area is 199 Å². The van der Waals surface area contributed by atoms with Crippen LogP contribution in [0.1, 0.15) is 56.6 Å². The van der Waals surface area contributed by atoms with Gasteiger partial charge in [-0.05, 0) is 68.5 Å². The summed E-state index contributed by atoms with van der Waals surface area (Å²) in [5.41, 5.74) is 4.67. The number of nitrogens with one attached hydrogen (secondary N) is 1. The summed E-state index contributed by atoms with van der Waals surface area (Å²) in [6.07, 6.45) is 1.06. The van der Waals surface area contributed by atoms with Gasteiger partial charge in [0, 0.05) is 34.3 Å². The van der Waals surface area contributed by atoms with Crippen molar-refractivity contribution in [3.8, 4) is 5.75 Å². The third kappa shape index (κ3) is 4.69. The fourth-order valence-corrected chi connectivity index (χ4v) is 4.87. The van der Waals surface area contributed by atoms with E-state index in [9.17, 15) is 9.59 Å². The highest BCUT2D eigenvalue weighted by molar-refractivity contribution is 6.30. The Morgan fingerprint density at radius 3 is 2.30 bits per heavy atom. The zero-order valence-electron chi connectivity index (χ0n) is 19.1. The molecule has 0 aromatic heterocycles. The molecule has 172 valence electrons. The molecular formula is C27H28ClNO4. The van der Waals surface area contributed by atoms with Crippen LogP contribution in [-0.4, -0.2) is 25.0 Å². The summed E-state index contributed by atoms with van der Waals surface area (Å²) in [4.78, 5) is 26.5. The fraction of sp³-hybridized carbons (Fsp3) is 0.333. The van der Waals surface area contributed by atoms with E-state index in [1.165, 1.54) is 0 Å². The van der Waals surface area contributed by atoms with Gasteiger partial charge in [0.1, 0.15) is 5.75 Å². The summed E-state index contributed by atoms with van der Waals surface area (Å²) in [5.74, 6) is -0.0356. The van der Waals surface area contributed by atoms with Crippen molar-refractivity contribution < 1.29 is 19.1 Å². The van der Waals surface area contributed by atoms with Crippen molar-refractivity contribution in [2.24, 2.45) is 0 Å². The average molecular weight is 466 g/mol. The van der Waals surface area contributed by atoms with Crippen molar-refractivity contribution in [2.45, 2.75) is 45.4 Å². The van der Waals surface area contributed by atoms with Gasteiger partial charge in [-0.1, -0.05) is 35.9 Å². The van der Waals surface area contributed by atoms with E-state index in [1.807, 2.05) is 62.4 Å². The summed E-state index contributed by atoms with van der Waals surface area (Å²) in [5, 5.41) is 4.04. The van der Waals surface area contributed by atoms with E-state index < -0.39 is 11.9 Å². The van der Waals surface area contributed by atoms with Gasteiger partial charge in [0.15, 0.2) is 5.78 Å². The molecule has 0 saturated carbocycles. The number of rotatable bonds is 6. The normalized spacial score (nSPS) is 20.3. The van der Waals surface area contributed by atoms with E-state index >= 15 is 0 Å². The average Bonchev–Trinajstić information content (AvgIpc) is 2.79. The second-order valence-corrected chi connectivity index (χ2v) is 8.73. The van der Waals surface area contributed by atoms with E-state index in [4.69, 9.17) is 21.1 Å². The molecule has 1 N–H and O–H groups in total. The molecule has 2 atom stereocenters. The van der Waals surface area contributed by atoms with Crippen molar-refractivity contribution in [2.75, 3.05) is 13.2 Å². The largest absolute Gasteiger partial charge is 0.494 e. The number of dihydropyridines is 1. The number of Topliss-reactive ketones (excluding diaryl/α,β-unsaturated/α-hetero) is 1. The van der Waals surface area contributed by atoms with E-state index in [1.54, 1.807) is 6.92 Å². The number of carbonyl (C=O) groups excluding carboxylic acids is 2. The topological polar surface area (TPSA) is 64.6 Å². The molecule has 0 bridgehead atoms. The minimum absolute atomic E-state index is 0.0388. The fourth-order valence-electron chi connectivity index (χ4n) is 4.75. The molecule has 1 aliphatic carbocycles. The Morgan fingerprint density at radius 2 is 1.67 bits per heavy atom. The Hall–Kier alpha value is -3.05. The first-order valence-electron chi connectivity index (χ1n) is 11.3. The van der Waals surface area contributed by atoms with E-state index in [0.29, 0.717) is 35.6 Å². The number of ketones is 1. The summed E-state index contributed by atoms with van der Waals surface area (Å²) >= 11 is 6.05. The molecule has 2 aromatic carbocycles. The lowest BCUT2D eigenvalue weighted by molar-refractivity contribution is -0.138. The molecule has 6 heteroatoms. The third-order valence-corrected chi connectivity index (χ3v) is 6.44. The standard InChI is InChI=1S/C27H28ClNO4/c1-4-32-21-12-8-18(9-13-21)25-24(27(31)33-5-2)16(3)29-22-14-19(15-23(30)26(22)25)17-6-10-20(28)11-7-17/h6-13,19,25,29H,4-5,14-15H2,1-3H3. The molecule has 2 unspecified atom stereocenters. The molecule has 0 fully saturated rings. The van der Waals surface area contributed by atoms with Gasteiger partial charge in [-0.3, -0.25) is 4.79 Å². The zero-order valence-corrected chi connectivity index (χ0v) is 19.9. The highest BCUT2D eigenvalue weighted by Crippen LogP contribution is 2.46. The zero-order chi connectivity index (χ0) is 23.5. The van der Waals surface area contributed by atoms with Crippen LogP contribution in [0.3, 0.4) is 0 Å². The first-order chi connectivity index (χ1) is 15.9. The van der Waals surface area contributed by atoms with Gasteiger partial charge < -0.3 is 14.8 Å². The second-order valence-electron chi connectivity index (χ2n) is 8.29. The molecule has 2 aliphatic rings. The number of allylic oxidation sites excluding steroid dienone is 3. The SMILES string of the molecule is CCOC(=O)C1=C(C)NC2=C(C(=O)CC(c3ccc(Cl)cc3)C2)C1c1ccc(OCC)cc1. The Morgan fingerprint density at radius 1 is 1.00 bits per heavy atom. The third-order valence-electron chi connectivity index (χ3n) is 6.19. The highest BCUT2D eigenvalue weighted by Gasteiger charge is 2.41. The van der Waals surface area contributed by atoms with E-state index in [-0.39, 0.29) is 18.3 Å². The second kappa shape index (κ2) is 9.84. The van der Waals surface area contributed by atoms with Crippen LogP contribution in [0, 0.1) is 0 Å². The summed E-state index contributed by atoms with van der Waals surface area (Å²) in [7, 11) is 0. The lowest BCUT2D eigenvalue weighted by Gasteiger charge is -2.36. The predicted octanol–water partition coefficient (Wildman–Crippen LogP) is 5.66. The minimum Gasteiger partial charge on any atom is -0.494 e. The molecule has 1 heterocycles. The van der Waals surface area contributed by atoms with Gasteiger partial charge >= 0.3 is 5.97 Å². The Kier molecular flexibility index (Phi) is 6.89. The maximum absolute atomic E-state index is 13.5. The highest BCUT2D eigenvalue weighted by atomic mass is 35.5. The molecule has 1 aliphatic heterocycles. The maximum Gasteiger partial charge on any atom is 0.336 e. The van der Waals surface area contributed by atoms with Crippen LogP contribution in [0.15, 0.2) is 71.1 Å².